The molecule has 0 saturated carbocycles. The molecular weight excluding hydrogens is 314 g/mol. The van der Waals surface area contributed by atoms with Crippen LogP contribution in [0.4, 0.5) is 5.13 Å². The first-order valence-electron chi connectivity index (χ1n) is 7.65. The molecule has 122 valence electrons. The highest BCUT2D eigenvalue weighted by Gasteiger charge is 2.24. The number of carbonyl (C=O) groups excluding carboxylic acids is 1. The average molecular weight is 333 g/mol. The molecule has 1 aromatic carbocycles. The van der Waals surface area contributed by atoms with Crippen LogP contribution in [0.3, 0.4) is 0 Å². The molecule has 3 rings (SSSR count). The molecule has 1 N–H and O–H groups in total. The normalized spacial score (nSPS) is 17.2. The maximum atomic E-state index is 11.9. The summed E-state index contributed by atoms with van der Waals surface area (Å²) in [6.45, 7) is 3.20. The molecule has 2 heterocycles. The van der Waals surface area contributed by atoms with Gasteiger partial charge in [-0.3, -0.25) is 10.1 Å². The molecule has 1 amide bonds. The number of anilines is 1. The van der Waals surface area contributed by atoms with Gasteiger partial charge in [-0.1, -0.05) is 23.5 Å². The topological polar surface area (TPSA) is 73.3 Å². The highest BCUT2D eigenvalue weighted by atomic mass is 32.1. The fraction of sp³-hybridized carbons (Fsp3) is 0.438. The van der Waals surface area contributed by atoms with Crippen molar-refractivity contribution in [1.82, 2.24) is 10.2 Å². The minimum Gasteiger partial charge on any atom is -0.493 e. The van der Waals surface area contributed by atoms with E-state index < -0.39 is 0 Å². The Morgan fingerprint density at radius 3 is 3.17 bits per heavy atom. The van der Waals surface area contributed by atoms with Crippen molar-refractivity contribution >= 4 is 22.4 Å². The lowest BCUT2D eigenvalue weighted by Crippen LogP contribution is -2.26. The summed E-state index contributed by atoms with van der Waals surface area (Å²) in [6, 6.07) is 7.92. The van der Waals surface area contributed by atoms with Crippen molar-refractivity contribution in [3.63, 3.8) is 0 Å². The van der Waals surface area contributed by atoms with Gasteiger partial charge in [-0.25, -0.2) is 0 Å². The van der Waals surface area contributed by atoms with Gasteiger partial charge in [0, 0.05) is 13.0 Å². The predicted octanol–water partition coefficient (Wildman–Crippen LogP) is 2.59. The molecule has 0 spiro atoms. The third-order valence-electron chi connectivity index (χ3n) is 3.49. The Balaban J connectivity index is 1.46. The summed E-state index contributed by atoms with van der Waals surface area (Å²) < 4.78 is 11.0. The number of ether oxygens (including phenoxy) is 2. The van der Waals surface area contributed by atoms with Crippen LogP contribution in [0.1, 0.15) is 23.4 Å². The van der Waals surface area contributed by atoms with Crippen LogP contribution in [-0.4, -0.2) is 35.4 Å². The first kappa shape index (κ1) is 15.9. The largest absolute Gasteiger partial charge is 0.493 e. The van der Waals surface area contributed by atoms with Crippen molar-refractivity contribution in [3.8, 4) is 5.75 Å². The van der Waals surface area contributed by atoms with Gasteiger partial charge in [0.1, 0.15) is 16.9 Å². The van der Waals surface area contributed by atoms with Gasteiger partial charge in [-0.2, -0.15) is 0 Å². The van der Waals surface area contributed by atoms with Crippen LogP contribution < -0.4 is 10.1 Å². The van der Waals surface area contributed by atoms with Crippen molar-refractivity contribution in [2.45, 2.75) is 32.3 Å². The Hall–Kier alpha value is -1.99. The number of aromatic nitrogens is 2. The van der Waals surface area contributed by atoms with Crippen LogP contribution in [0.5, 0.6) is 5.75 Å². The van der Waals surface area contributed by atoms with Crippen molar-refractivity contribution in [3.05, 3.63) is 34.8 Å². The molecule has 1 aromatic heterocycles. The predicted molar refractivity (Wildman–Crippen MR) is 87.9 cm³/mol. The van der Waals surface area contributed by atoms with Crippen molar-refractivity contribution in [1.29, 1.82) is 0 Å². The van der Waals surface area contributed by atoms with Gasteiger partial charge in [0.05, 0.1) is 6.61 Å². The van der Waals surface area contributed by atoms with Gasteiger partial charge in [-0.15, -0.1) is 10.2 Å². The Morgan fingerprint density at radius 1 is 1.48 bits per heavy atom. The highest BCUT2D eigenvalue weighted by molar-refractivity contribution is 7.15. The van der Waals surface area contributed by atoms with E-state index in [1.807, 2.05) is 31.2 Å². The van der Waals surface area contributed by atoms with Gasteiger partial charge >= 0.3 is 0 Å². The minimum absolute atomic E-state index is 0.138. The number of benzene rings is 1. The van der Waals surface area contributed by atoms with E-state index in [1.165, 1.54) is 11.3 Å². The fourth-order valence-electron chi connectivity index (χ4n) is 2.34. The van der Waals surface area contributed by atoms with Crippen LogP contribution in [-0.2, 0) is 16.0 Å². The average Bonchev–Trinajstić information content (AvgIpc) is 3.19. The van der Waals surface area contributed by atoms with Gasteiger partial charge in [0.25, 0.3) is 5.91 Å². The summed E-state index contributed by atoms with van der Waals surface area (Å²) >= 11 is 1.37. The lowest BCUT2D eigenvalue weighted by molar-refractivity contribution is -0.124. The van der Waals surface area contributed by atoms with E-state index in [-0.39, 0.29) is 12.0 Å². The molecule has 6 nitrogen and oxygen atoms in total. The van der Waals surface area contributed by atoms with Gasteiger partial charge in [0.15, 0.2) is 0 Å². The van der Waals surface area contributed by atoms with Gasteiger partial charge < -0.3 is 9.47 Å². The van der Waals surface area contributed by atoms with Crippen LogP contribution in [0, 0.1) is 6.92 Å². The number of hydrogen-bond donors (Lipinski definition) is 1. The zero-order valence-electron chi connectivity index (χ0n) is 12.9. The zero-order chi connectivity index (χ0) is 16.1. The van der Waals surface area contributed by atoms with E-state index >= 15 is 0 Å². The summed E-state index contributed by atoms with van der Waals surface area (Å²) in [5.41, 5.74) is 1.16. The summed E-state index contributed by atoms with van der Waals surface area (Å²) in [7, 11) is 0. The summed E-state index contributed by atoms with van der Waals surface area (Å²) in [6.07, 6.45) is 1.99. The first-order valence-corrected chi connectivity index (χ1v) is 8.47. The SMILES string of the molecule is Cc1cccc(OCCc2nnc(NC(=O)C3CCCO3)s2)c1. The molecular formula is C16H19N3O3S. The second-order valence-electron chi connectivity index (χ2n) is 5.41. The zero-order valence-corrected chi connectivity index (χ0v) is 13.8. The minimum atomic E-state index is -0.355. The van der Waals surface area contributed by atoms with Crippen LogP contribution in [0.2, 0.25) is 0 Å². The third kappa shape index (κ3) is 4.49. The quantitative estimate of drug-likeness (QED) is 0.879. The Morgan fingerprint density at radius 2 is 2.39 bits per heavy atom. The standard InChI is InChI=1S/C16H19N3O3S/c1-11-4-2-5-12(10-11)21-9-7-14-18-19-16(23-14)17-15(20)13-6-3-8-22-13/h2,4-5,10,13H,3,6-9H2,1H3,(H,17,19,20). The lowest BCUT2D eigenvalue weighted by atomic mass is 10.2. The maximum absolute atomic E-state index is 11.9. The molecule has 1 saturated heterocycles. The fourth-order valence-corrected chi connectivity index (χ4v) is 3.06. The number of nitrogens with zero attached hydrogens (tertiary/aromatic N) is 2. The summed E-state index contributed by atoms with van der Waals surface area (Å²) in [5.74, 6) is 0.711. The van der Waals surface area contributed by atoms with E-state index in [0.717, 1.165) is 29.2 Å². The van der Waals surface area contributed by atoms with E-state index in [4.69, 9.17) is 9.47 Å². The van der Waals surface area contributed by atoms with Crippen LogP contribution in [0.25, 0.3) is 0 Å². The number of aryl methyl sites for hydroxylation is 1. The highest BCUT2D eigenvalue weighted by Crippen LogP contribution is 2.19. The number of hydrogen-bond acceptors (Lipinski definition) is 6. The molecule has 0 radical (unpaired) electrons. The number of rotatable bonds is 6. The lowest BCUT2D eigenvalue weighted by Gasteiger charge is -2.07. The van der Waals surface area contributed by atoms with Crippen LogP contribution >= 0.6 is 11.3 Å². The molecule has 1 atom stereocenters. The molecule has 0 bridgehead atoms. The summed E-state index contributed by atoms with van der Waals surface area (Å²) in [4.78, 5) is 11.9. The van der Waals surface area contributed by atoms with E-state index in [9.17, 15) is 4.79 Å². The monoisotopic (exact) mass is 333 g/mol. The molecule has 7 heteroatoms. The van der Waals surface area contributed by atoms with E-state index in [1.54, 1.807) is 0 Å². The molecule has 23 heavy (non-hydrogen) atoms. The van der Waals surface area contributed by atoms with Gasteiger partial charge in [-0.05, 0) is 37.5 Å². The second-order valence-corrected chi connectivity index (χ2v) is 6.47. The molecule has 1 fully saturated rings. The first-order chi connectivity index (χ1) is 11.2. The molecule has 2 aromatic rings. The van der Waals surface area contributed by atoms with Crippen molar-refractivity contribution in [2.75, 3.05) is 18.5 Å². The maximum Gasteiger partial charge on any atom is 0.255 e. The van der Waals surface area contributed by atoms with Gasteiger partial charge in [0.2, 0.25) is 5.13 Å². The second kappa shape index (κ2) is 7.52. The Kier molecular flexibility index (Phi) is 5.19. The summed E-state index contributed by atoms with van der Waals surface area (Å²) in [5, 5.41) is 12.2. The van der Waals surface area contributed by atoms with Crippen molar-refractivity contribution in [2.24, 2.45) is 0 Å². The molecule has 1 unspecified atom stereocenters. The van der Waals surface area contributed by atoms with Crippen molar-refractivity contribution < 1.29 is 14.3 Å². The smallest absolute Gasteiger partial charge is 0.255 e. The number of carbonyl (C=O) groups is 1. The van der Waals surface area contributed by atoms with E-state index in [2.05, 4.69) is 15.5 Å². The third-order valence-corrected chi connectivity index (χ3v) is 4.39. The molecule has 1 aliphatic rings. The number of nitrogens with one attached hydrogen (secondary N) is 1. The van der Waals surface area contributed by atoms with Crippen LogP contribution in [0.15, 0.2) is 24.3 Å². The number of amides is 1. The van der Waals surface area contributed by atoms with E-state index in [0.29, 0.717) is 24.8 Å². The Bertz CT molecular complexity index is 668. The Labute approximate surface area is 138 Å². The molecule has 1 aliphatic heterocycles. The molecule has 0 aliphatic carbocycles.